The number of sulfonamides is 1. The third kappa shape index (κ3) is 5.72. The molecular formula is C26H27N3O6S. The van der Waals surface area contributed by atoms with Crippen LogP contribution in [-0.2, 0) is 23.1 Å². The molecule has 0 unspecified atom stereocenters. The summed E-state index contributed by atoms with van der Waals surface area (Å²) in [6.45, 7) is 0.396. The van der Waals surface area contributed by atoms with Crippen LogP contribution in [0.25, 0.3) is 0 Å². The van der Waals surface area contributed by atoms with Crippen LogP contribution in [0, 0.1) is 0 Å². The minimum atomic E-state index is -3.84. The summed E-state index contributed by atoms with van der Waals surface area (Å²) < 4.78 is 44.5. The van der Waals surface area contributed by atoms with Crippen molar-refractivity contribution in [3.05, 3.63) is 96.3 Å². The number of furan rings is 2. The van der Waals surface area contributed by atoms with Gasteiger partial charge in [-0.1, -0.05) is 0 Å². The monoisotopic (exact) mass is 509 g/mol. The molecule has 2 aromatic heterocycles. The Morgan fingerprint density at radius 2 is 1.67 bits per heavy atom. The first-order chi connectivity index (χ1) is 17.3. The van der Waals surface area contributed by atoms with Gasteiger partial charge in [0.15, 0.2) is 5.76 Å². The van der Waals surface area contributed by atoms with Crippen LogP contribution in [0.3, 0.4) is 0 Å². The molecule has 2 heterocycles. The van der Waals surface area contributed by atoms with Gasteiger partial charge in [0, 0.05) is 32.0 Å². The first kappa shape index (κ1) is 24.9. The van der Waals surface area contributed by atoms with Gasteiger partial charge >= 0.3 is 0 Å². The van der Waals surface area contributed by atoms with E-state index in [-0.39, 0.29) is 29.7 Å². The van der Waals surface area contributed by atoms with Crippen molar-refractivity contribution in [3.8, 4) is 5.75 Å². The molecule has 0 aliphatic carbocycles. The molecule has 0 saturated heterocycles. The number of carbonyl (C=O) groups is 1. The molecule has 0 radical (unpaired) electrons. The van der Waals surface area contributed by atoms with Crippen molar-refractivity contribution in [2.24, 2.45) is 0 Å². The van der Waals surface area contributed by atoms with Gasteiger partial charge in [0.05, 0.1) is 31.1 Å². The lowest BCUT2D eigenvalue weighted by Gasteiger charge is -2.25. The van der Waals surface area contributed by atoms with Crippen molar-refractivity contribution < 1.29 is 26.8 Å². The zero-order valence-electron chi connectivity index (χ0n) is 20.2. The van der Waals surface area contributed by atoms with Crippen LogP contribution in [0.2, 0.25) is 0 Å². The van der Waals surface area contributed by atoms with E-state index in [1.165, 1.54) is 25.5 Å². The van der Waals surface area contributed by atoms with Gasteiger partial charge in [-0.15, -0.1) is 0 Å². The van der Waals surface area contributed by atoms with Crippen LogP contribution in [0.1, 0.15) is 21.9 Å². The highest BCUT2D eigenvalue weighted by molar-refractivity contribution is 7.92. The number of ether oxygens (including phenoxy) is 1. The molecule has 0 aliphatic rings. The predicted octanol–water partition coefficient (Wildman–Crippen LogP) is 4.59. The van der Waals surface area contributed by atoms with Crippen LogP contribution in [0.5, 0.6) is 5.75 Å². The Hall–Kier alpha value is -4.18. The summed E-state index contributed by atoms with van der Waals surface area (Å²) in [6.07, 6.45) is 2.99. The maximum Gasteiger partial charge on any atom is 0.290 e. The smallest absolute Gasteiger partial charge is 0.290 e. The lowest BCUT2D eigenvalue weighted by Crippen LogP contribution is -2.30. The van der Waals surface area contributed by atoms with E-state index in [0.717, 1.165) is 11.3 Å². The van der Waals surface area contributed by atoms with Gasteiger partial charge in [-0.2, -0.15) is 0 Å². The summed E-state index contributed by atoms with van der Waals surface area (Å²) in [5, 5.41) is 0. The van der Waals surface area contributed by atoms with Crippen molar-refractivity contribution in [3.63, 3.8) is 0 Å². The zero-order chi connectivity index (χ0) is 25.7. The Morgan fingerprint density at radius 3 is 2.28 bits per heavy atom. The van der Waals surface area contributed by atoms with Gasteiger partial charge in [-0.3, -0.25) is 9.52 Å². The number of hydrogen-bond donors (Lipinski definition) is 1. The molecule has 9 nitrogen and oxygen atoms in total. The number of nitrogens with one attached hydrogen (secondary N) is 1. The summed E-state index contributed by atoms with van der Waals surface area (Å²) in [7, 11) is 1.44. The van der Waals surface area contributed by atoms with Crippen molar-refractivity contribution in [1.82, 2.24) is 4.90 Å². The van der Waals surface area contributed by atoms with E-state index in [1.54, 1.807) is 59.7 Å². The van der Waals surface area contributed by atoms with E-state index < -0.39 is 10.0 Å². The number of amides is 1. The fourth-order valence-corrected chi connectivity index (χ4v) is 4.78. The number of nitrogens with zero attached hydrogens (tertiary/aromatic N) is 2. The summed E-state index contributed by atoms with van der Waals surface area (Å²) in [6, 6.07) is 18.1. The number of rotatable bonds is 10. The molecule has 2 aromatic carbocycles. The SMILES string of the molecule is COc1ccc(S(=O)(=O)Nc2ccc(N(C)C)c(CN(Cc3ccco3)C(=O)c3ccco3)c2)cc1. The zero-order valence-corrected chi connectivity index (χ0v) is 21.0. The summed E-state index contributed by atoms with van der Waals surface area (Å²) in [5.41, 5.74) is 1.94. The second-order valence-electron chi connectivity index (χ2n) is 8.24. The average Bonchev–Trinajstić information content (AvgIpc) is 3.58. The molecule has 4 aromatic rings. The highest BCUT2D eigenvalue weighted by atomic mass is 32.2. The first-order valence-electron chi connectivity index (χ1n) is 11.1. The lowest BCUT2D eigenvalue weighted by atomic mass is 10.1. The predicted molar refractivity (Wildman–Crippen MR) is 136 cm³/mol. The van der Waals surface area contributed by atoms with E-state index in [2.05, 4.69) is 4.72 Å². The Labute approximate surface area is 209 Å². The van der Waals surface area contributed by atoms with E-state index in [4.69, 9.17) is 13.6 Å². The van der Waals surface area contributed by atoms with Crippen LogP contribution >= 0.6 is 0 Å². The van der Waals surface area contributed by atoms with Gasteiger partial charge in [-0.05, 0) is 72.3 Å². The average molecular weight is 510 g/mol. The molecule has 1 N–H and O–H groups in total. The molecular weight excluding hydrogens is 482 g/mol. The molecule has 188 valence electrons. The third-order valence-electron chi connectivity index (χ3n) is 5.49. The summed E-state index contributed by atoms with van der Waals surface area (Å²) >= 11 is 0. The molecule has 0 bridgehead atoms. The van der Waals surface area contributed by atoms with Gasteiger partial charge in [0.2, 0.25) is 0 Å². The van der Waals surface area contributed by atoms with Crippen LogP contribution in [0.4, 0.5) is 11.4 Å². The normalized spacial score (nSPS) is 11.2. The first-order valence-corrected chi connectivity index (χ1v) is 12.6. The van der Waals surface area contributed by atoms with Crippen molar-refractivity contribution in [2.45, 2.75) is 18.0 Å². The largest absolute Gasteiger partial charge is 0.497 e. The highest BCUT2D eigenvalue weighted by Gasteiger charge is 2.22. The lowest BCUT2D eigenvalue weighted by molar-refractivity contribution is 0.0685. The van der Waals surface area contributed by atoms with Crippen molar-refractivity contribution in [2.75, 3.05) is 30.8 Å². The number of hydrogen-bond acceptors (Lipinski definition) is 7. The van der Waals surface area contributed by atoms with Crippen molar-refractivity contribution in [1.29, 1.82) is 0 Å². The molecule has 0 aliphatic heterocycles. The molecule has 0 atom stereocenters. The standard InChI is InChI=1S/C26H27N3O6S/c1-28(2)24-13-8-20(27-36(31,32)23-11-9-21(33-3)10-12-23)16-19(24)17-29(18-22-6-4-14-34-22)26(30)25-7-5-15-35-25/h4-16,27H,17-18H2,1-3H3. The Bertz CT molecular complexity index is 1400. The molecule has 0 spiro atoms. The second-order valence-corrected chi connectivity index (χ2v) is 9.92. The Kier molecular flexibility index (Phi) is 7.35. The van der Waals surface area contributed by atoms with E-state index >= 15 is 0 Å². The minimum absolute atomic E-state index is 0.106. The number of benzene rings is 2. The second kappa shape index (κ2) is 10.6. The quantitative estimate of drug-likeness (QED) is 0.333. The van der Waals surface area contributed by atoms with E-state index in [0.29, 0.717) is 17.2 Å². The van der Waals surface area contributed by atoms with Crippen LogP contribution in [-0.4, -0.2) is 40.4 Å². The Morgan fingerprint density at radius 1 is 0.944 bits per heavy atom. The number of anilines is 2. The molecule has 1 amide bonds. The topological polar surface area (TPSA) is 105 Å². The fourth-order valence-electron chi connectivity index (χ4n) is 3.73. The molecule has 10 heteroatoms. The van der Waals surface area contributed by atoms with Crippen LogP contribution in [0.15, 0.2) is 93.0 Å². The molecule has 0 fully saturated rings. The minimum Gasteiger partial charge on any atom is -0.497 e. The maximum absolute atomic E-state index is 13.2. The van der Waals surface area contributed by atoms with Gasteiger partial charge in [0.25, 0.3) is 15.9 Å². The number of methoxy groups -OCH3 is 1. The Balaban J connectivity index is 1.65. The molecule has 4 rings (SSSR count). The third-order valence-corrected chi connectivity index (χ3v) is 6.89. The fraction of sp³-hybridized carbons (Fsp3) is 0.192. The van der Waals surface area contributed by atoms with E-state index in [9.17, 15) is 13.2 Å². The number of carbonyl (C=O) groups excluding carboxylic acids is 1. The maximum atomic E-state index is 13.2. The molecule has 36 heavy (non-hydrogen) atoms. The van der Waals surface area contributed by atoms with Crippen molar-refractivity contribution >= 4 is 27.3 Å². The highest BCUT2D eigenvalue weighted by Crippen LogP contribution is 2.28. The van der Waals surface area contributed by atoms with Crippen LogP contribution < -0.4 is 14.4 Å². The summed E-state index contributed by atoms with van der Waals surface area (Å²) in [4.78, 5) is 16.8. The molecule has 0 saturated carbocycles. The van der Waals surface area contributed by atoms with Gasteiger partial charge in [0.1, 0.15) is 11.5 Å². The summed E-state index contributed by atoms with van der Waals surface area (Å²) in [5.74, 6) is 1.05. The van der Waals surface area contributed by atoms with Gasteiger partial charge < -0.3 is 23.4 Å². The van der Waals surface area contributed by atoms with Gasteiger partial charge in [-0.25, -0.2) is 8.42 Å². The van der Waals surface area contributed by atoms with E-state index in [1.807, 2.05) is 25.1 Å².